The maximum Gasteiger partial charge on any atom is 0.223 e. The lowest BCUT2D eigenvalue weighted by molar-refractivity contribution is -0.132. The largest absolute Gasteiger partial charge is 0.491 e. The summed E-state index contributed by atoms with van der Waals surface area (Å²) in [4.78, 5) is 19.1. The monoisotopic (exact) mass is 379 g/mol. The smallest absolute Gasteiger partial charge is 0.223 e. The van der Waals surface area contributed by atoms with E-state index in [4.69, 9.17) is 16.3 Å². The Morgan fingerprint density at radius 3 is 2.27 bits per heavy atom. The van der Waals surface area contributed by atoms with Crippen LogP contribution in [0.15, 0.2) is 24.3 Å². The van der Waals surface area contributed by atoms with Crippen LogP contribution in [0.3, 0.4) is 0 Å². The first-order valence-electron chi connectivity index (χ1n) is 9.82. The van der Waals surface area contributed by atoms with E-state index in [9.17, 15) is 4.79 Å². The van der Waals surface area contributed by atoms with Crippen molar-refractivity contribution in [3.05, 3.63) is 29.3 Å². The molecule has 0 aromatic heterocycles. The standard InChI is InChI=1S/C20H30ClN3O2/c21-18-6-2-3-7-19(18)26-17-16-23-14-12-22(13-15-23)11-8-20(25)24-9-4-1-5-10-24/h2-3,6-7H,1,4-5,8-17H2. The molecule has 1 aromatic rings. The van der Waals surface area contributed by atoms with Crippen LogP contribution in [0.1, 0.15) is 25.7 Å². The first-order chi connectivity index (χ1) is 12.7. The molecule has 2 saturated heterocycles. The first-order valence-corrected chi connectivity index (χ1v) is 10.2. The molecule has 0 saturated carbocycles. The highest BCUT2D eigenvalue weighted by atomic mass is 35.5. The number of piperidine rings is 1. The van der Waals surface area contributed by atoms with Gasteiger partial charge in [-0.25, -0.2) is 0 Å². The number of para-hydroxylation sites is 1. The third-order valence-corrected chi connectivity index (χ3v) is 5.63. The molecule has 2 aliphatic rings. The summed E-state index contributed by atoms with van der Waals surface area (Å²) in [5.41, 5.74) is 0. The molecule has 0 radical (unpaired) electrons. The molecule has 0 N–H and O–H groups in total. The van der Waals surface area contributed by atoms with E-state index in [-0.39, 0.29) is 0 Å². The minimum Gasteiger partial charge on any atom is -0.491 e. The van der Waals surface area contributed by atoms with Crippen molar-refractivity contribution in [2.24, 2.45) is 0 Å². The predicted octanol–water partition coefficient (Wildman–Crippen LogP) is 2.74. The van der Waals surface area contributed by atoms with E-state index in [1.165, 1.54) is 19.3 Å². The number of likely N-dealkylation sites (tertiary alicyclic amines) is 1. The highest BCUT2D eigenvalue weighted by Crippen LogP contribution is 2.22. The Bertz CT molecular complexity index is 570. The van der Waals surface area contributed by atoms with E-state index in [2.05, 4.69) is 9.80 Å². The van der Waals surface area contributed by atoms with Crippen LogP contribution < -0.4 is 4.74 Å². The number of rotatable bonds is 7. The maximum atomic E-state index is 12.3. The Hall–Kier alpha value is -1.30. The third kappa shape index (κ3) is 5.86. The Morgan fingerprint density at radius 2 is 1.58 bits per heavy atom. The number of hydrogen-bond acceptors (Lipinski definition) is 4. The molecule has 6 heteroatoms. The Morgan fingerprint density at radius 1 is 0.923 bits per heavy atom. The molecular weight excluding hydrogens is 350 g/mol. The molecule has 3 rings (SSSR count). The SMILES string of the molecule is O=C(CCN1CCN(CCOc2ccccc2Cl)CC1)N1CCCCC1. The maximum absolute atomic E-state index is 12.3. The van der Waals surface area contributed by atoms with Gasteiger partial charge in [0.05, 0.1) is 5.02 Å². The van der Waals surface area contributed by atoms with E-state index < -0.39 is 0 Å². The molecule has 1 amide bonds. The second-order valence-electron chi connectivity index (χ2n) is 7.15. The van der Waals surface area contributed by atoms with Gasteiger partial charge in [0.1, 0.15) is 12.4 Å². The highest BCUT2D eigenvalue weighted by Gasteiger charge is 2.20. The molecule has 0 aliphatic carbocycles. The fourth-order valence-electron chi connectivity index (χ4n) is 3.64. The zero-order valence-electron chi connectivity index (χ0n) is 15.5. The van der Waals surface area contributed by atoms with Crippen molar-refractivity contribution in [3.63, 3.8) is 0 Å². The fourth-order valence-corrected chi connectivity index (χ4v) is 3.83. The number of carbonyl (C=O) groups is 1. The summed E-state index contributed by atoms with van der Waals surface area (Å²) < 4.78 is 5.78. The van der Waals surface area contributed by atoms with E-state index in [1.54, 1.807) is 0 Å². The van der Waals surface area contributed by atoms with Crippen LogP contribution in [0.25, 0.3) is 0 Å². The number of ether oxygens (including phenoxy) is 1. The summed E-state index contributed by atoms with van der Waals surface area (Å²) in [6.45, 7) is 8.48. The lowest BCUT2D eigenvalue weighted by atomic mass is 10.1. The van der Waals surface area contributed by atoms with Gasteiger partial charge in [-0.05, 0) is 31.4 Å². The van der Waals surface area contributed by atoms with Crippen molar-refractivity contribution >= 4 is 17.5 Å². The molecule has 0 bridgehead atoms. The molecule has 0 spiro atoms. The van der Waals surface area contributed by atoms with Crippen LogP contribution in [0, 0.1) is 0 Å². The molecule has 2 aliphatic heterocycles. The third-order valence-electron chi connectivity index (χ3n) is 5.32. The predicted molar refractivity (Wildman–Crippen MR) is 105 cm³/mol. The quantitative estimate of drug-likeness (QED) is 0.729. The first kappa shape index (κ1) is 19.5. The van der Waals surface area contributed by atoms with Crippen molar-refractivity contribution < 1.29 is 9.53 Å². The minimum atomic E-state index is 0.334. The van der Waals surface area contributed by atoms with Crippen LogP contribution in [0.5, 0.6) is 5.75 Å². The van der Waals surface area contributed by atoms with Gasteiger partial charge in [-0.3, -0.25) is 9.69 Å². The lowest BCUT2D eigenvalue weighted by Gasteiger charge is -2.35. The molecule has 2 fully saturated rings. The number of carbonyl (C=O) groups excluding carboxylic acids is 1. The Kier molecular flexibility index (Phi) is 7.59. The van der Waals surface area contributed by atoms with Gasteiger partial charge in [-0.1, -0.05) is 23.7 Å². The summed E-state index contributed by atoms with van der Waals surface area (Å²) in [6.07, 6.45) is 4.27. The molecule has 0 unspecified atom stereocenters. The van der Waals surface area contributed by atoms with Gasteiger partial charge in [0.25, 0.3) is 0 Å². The highest BCUT2D eigenvalue weighted by molar-refractivity contribution is 6.32. The van der Waals surface area contributed by atoms with E-state index in [1.807, 2.05) is 29.2 Å². The average Bonchev–Trinajstić information content (AvgIpc) is 2.69. The van der Waals surface area contributed by atoms with Crippen LogP contribution in [-0.2, 0) is 4.79 Å². The Balaban J connectivity index is 1.29. The van der Waals surface area contributed by atoms with E-state index in [0.717, 1.165) is 58.1 Å². The number of nitrogens with zero attached hydrogens (tertiary/aromatic N) is 3. The molecule has 144 valence electrons. The molecule has 0 atom stereocenters. The summed E-state index contributed by atoms with van der Waals surface area (Å²) in [7, 11) is 0. The minimum absolute atomic E-state index is 0.334. The van der Waals surface area contributed by atoms with Gasteiger partial charge >= 0.3 is 0 Å². The molecule has 2 heterocycles. The molecule has 26 heavy (non-hydrogen) atoms. The summed E-state index contributed by atoms with van der Waals surface area (Å²) in [5.74, 6) is 1.09. The van der Waals surface area contributed by atoms with Gasteiger partial charge in [0, 0.05) is 58.8 Å². The van der Waals surface area contributed by atoms with Crippen molar-refractivity contribution in [2.75, 3.05) is 59.0 Å². The van der Waals surface area contributed by atoms with Crippen molar-refractivity contribution in [3.8, 4) is 5.75 Å². The summed E-state index contributed by atoms with van der Waals surface area (Å²) >= 11 is 6.11. The fraction of sp³-hybridized carbons (Fsp3) is 0.650. The number of piperazine rings is 1. The van der Waals surface area contributed by atoms with E-state index in [0.29, 0.717) is 24.0 Å². The van der Waals surface area contributed by atoms with Crippen LogP contribution in [-0.4, -0.2) is 79.6 Å². The molecule has 1 aromatic carbocycles. The van der Waals surface area contributed by atoms with Gasteiger partial charge in [-0.2, -0.15) is 0 Å². The second-order valence-corrected chi connectivity index (χ2v) is 7.56. The molecule has 5 nitrogen and oxygen atoms in total. The second kappa shape index (κ2) is 10.1. The average molecular weight is 380 g/mol. The molecular formula is C20H30ClN3O2. The van der Waals surface area contributed by atoms with Crippen molar-refractivity contribution in [2.45, 2.75) is 25.7 Å². The summed E-state index contributed by atoms with van der Waals surface area (Å²) in [5, 5.41) is 0.663. The number of benzene rings is 1. The van der Waals surface area contributed by atoms with Gasteiger partial charge in [0.15, 0.2) is 0 Å². The van der Waals surface area contributed by atoms with Gasteiger partial charge in [0.2, 0.25) is 5.91 Å². The number of amides is 1. The lowest BCUT2D eigenvalue weighted by Crippen LogP contribution is -2.48. The summed E-state index contributed by atoms with van der Waals surface area (Å²) in [6, 6.07) is 7.59. The number of halogens is 1. The van der Waals surface area contributed by atoms with Crippen molar-refractivity contribution in [1.29, 1.82) is 0 Å². The normalized spacial score (nSPS) is 19.5. The Labute approximate surface area is 161 Å². The topological polar surface area (TPSA) is 36.0 Å². The number of hydrogen-bond donors (Lipinski definition) is 0. The zero-order valence-corrected chi connectivity index (χ0v) is 16.3. The van der Waals surface area contributed by atoms with Crippen LogP contribution in [0.4, 0.5) is 0 Å². The van der Waals surface area contributed by atoms with E-state index >= 15 is 0 Å². The van der Waals surface area contributed by atoms with Gasteiger partial charge < -0.3 is 14.5 Å². The zero-order chi connectivity index (χ0) is 18.2. The van der Waals surface area contributed by atoms with Crippen LogP contribution >= 0.6 is 11.6 Å². The van der Waals surface area contributed by atoms with Crippen LogP contribution in [0.2, 0.25) is 5.02 Å². The van der Waals surface area contributed by atoms with Crippen molar-refractivity contribution in [1.82, 2.24) is 14.7 Å². The van der Waals surface area contributed by atoms with Gasteiger partial charge in [-0.15, -0.1) is 0 Å².